The molecule has 1 aromatic rings. The molecule has 1 aliphatic rings. The number of rotatable bonds is 3. The summed E-state index contributed by atoms with van der Waals surface area (Å²) in [6.45, 7) is 2.07. The van der Waals surface area contributed by atoms with Crippen LogP contribution in [0.5, 0.6) is 0 Å². The van der Waals surface area contributed by atoms with E-state index in [1.807, 2.05) is 25.2 Å². The van der Waals surface area contributed by atoms with Crippen LogP contribution in [0.4, 0.5) is 0 Å². The Kier molecular flexibility index (Phi) is 4.15. The van der Waals surface area contributed by atoms with Gasteiger partial charge in [0, 0.05) is 30.8 Å². The third-order valence-corrected chi connectivity index (χ3v) is 3.68. The maximum absolute atomic E-state index is 12.1. The highest BCUT2D eigenvalue weighted by molar-refractivity contribution is 6.23. The number of likely N-dealkylation sites (N-methyl/N-ethyl adjacent to an activating group) is 1. The predicted octanol–water partition coefficient (Wildman–Crippen LogP) is 3.04. The van der Waals surface area contributed by atoms with Crippen LogP contribution in [0.3, 0.4) is 0 Å². The average Bonchev–Trinajstić information content (AvgIpc) is 2.43. The number of Topliss-reactive ketones (excluding diaryl/α,β-unsaturated/α-hetero) is 1. The molecule has 0 radical (unpaired) electrons. The molecule has 2 rings (SSSR count). The fourth-order valence-corrected chi connectivity index (χ4v) is 2.62. The van der Waals surface area contributed by atoms with Gasteiger partial charge < -0.3 is 10.7 Å². The van der Waals surface area contributed by atoms with Crippen LogP contribution in [-0.4, -0.2) is 18.5 Å². The molecule has 1 aromatic carbocycles. The summed E-state index contributed by atoms with van der Waals surface area (Å²) in [4.78, 5) is 12.1. The van der Waals surface area contributed by atoms with Crippen molar-refractivity contribution in [1.29, 1.82) is 5.41 Å². The Balaban J connectivity index is 2.43. The number of hydrogen-bond acceptors (Lipinski definition) is 3. The van der Waals surface area contributed by atoms with Gasteiger partial charge in [0.25, 0.3) is 0 Å². The standard InChI is InChI=1S/C16H20N2O/c1-11(12-7-4-3-5-8-12)16(18-2)15-13(17)9-6-10-14(15)19/h3-5,7-8,11,17-18H,6,9-10H2,1-2H3/b16-15+,17-13?. The second-order valence-corrected chi connectivity index (χ2v) is 4.93. The van der Waals surface area contributed by atoms with Crippen molar-refractivity contribution in [2.45, 2.75) is 32.1 Å². The molecule has 3 heteroatoms. The van der Waals surface area contributed by atoms with E-state index in [-0.39, 0.29) is 11.7 Å². The van der Waals surface area contributed by atoms with Gasteiger partial charge >= 0.3 is 0 Å². The fraction of sp³-hybridized carbons (Fsp3) is 0.375. The van der Waals surface area contributed by atoms with Gasteiger partial charge in [-0.1, -0.05) is 37.3 Å². The second-order valence-electron chi connectivity index (χ2n) is 4.93. The van der Waals surface area contributed by atoms with Crippen molar-refractivity contribution < 1.29 is 4.79 Å². The Morgan fingerprint density at radius 2 is 1.95 bits per heavy atom. The quantitative estimate of drug-likeness (QED) is 0.817. The van der Waals surface area contributed by atoms with Gasteiger partial charge in [0.2, 0.25) is 0 Å². The summed E-state index contributed by atoms with van der Waals surface area (Å²) in [5.41, 5.74) is 3.11. The van der Waals surface area contributed by atoms with Crippen LogP contribution in [0.1, 0.15) is 37.7 Å². The third-order valence-electron chi connectivity index (χ3n) is 3.68. The lowest BCUT2D eigenvalue weighted by molar-refractivity contribution is -0.115. The summed E-state index contributed by atoms with van der Waals surface area (Å²) in [6.07, 6.45) is 2.07. The molecule has 1 aliphatic carbocycles. The first-order valence-electron chi connectivity index (χ1n) is 6.73. The minimum Gasteiger partial charge on any atom is -0.390 e. The van der Waals surface area contributed by atoms with Crippen LogP contribution < -0.4 is 5.32 Å². The highest BCUT2D eigenvalue weighted by Gasteiger charge is 2.26. The number of benzene rings is 1. The van der Waals surface area contributed by atoms with Gasteiger partial charge in [0.1, 0.15) is 0 Å². The van der Waals surface area contributed by atoms with Crippen LogP contribution in [-0.2, 0) is 4.79 Å². The lowest BCUT2D eigenvalue weighted by Gasteiger charge is -2.23. The van der Waals surface area contributed by atoms with Gasteiger partial charge in [-0.3, -0.25) is 4.79 Å². The molecule has 0 saturated heterocycles. The van der Waals surface area contributed by atoms with Gasteiger partial charge in [-0.05, 0) is 18.4 Å². The number of nitrogens with one attached hydrogen (secondary N) is 2. The maximum atomic E-state index is 12.1. The highest BCUT2D eigenvalue weighted by atomic mass is 16.1. The Morgan fingerprint density at radius 3 is 2.53 bits per heavy atom. The summed E-state index contributed by atoms with van der Waals surface area (Å²) < 4.78 is 0. The van der Waals surface area contributed by atoms with Gasteiger partial charge in [0.15, 0.2) is 5.78 Å². The zero-order valence-electron chi connectivity index (χ0n) is 11.5. The summed E-state index contributed by atoms with van der Waals surface area (Å²) in [5.74, 6) is 0.201. The molecule has 1 saturated carbocycles. The molecular formula is C16H20N2O. The Labute approximate surface area is 114 Å². The van der Waals surface area contributed by atoms with E-state index in [4.69, 9.17) is 5.41 Å². The molecule has 3 nitrogen and oxygen atoms in total. The van der Waals surface area contributed by atoms with Crippen molar-refractivity contribution in [2.75, 3.05) is 7.05 Å². The Hall–Kier alpha value is -1.90. The van der Waals surface area contributed by atoms with Crippen molar-refractivity contribution in [1.82, 2.24) is 5.32 Å². The van der Waals surface area contributed by atoms with Gasteiger partial charge in [0.05, 0.1) is 5.57 Å². The summed E-state index contributed by atoms with van der Waals surface area (Å²) in [6, 6.07) is 10.1. The molecule has 2 N–H and O–H groups in total. The average molecular weight is 256 g/mol. The third kappa shape index (κ3) is 2.75. The molecule has 0 amide bonds. The largest absolute Gasteiger partial charge is 0.390 e. The summed E-state index contributed by atoms with van der Waals surface area (Å²) in [5, 5.41) is 11.2. The zero-order valence-corrected chi connectivity index (χ0v) is 11.5. The number of ketones is 1. The van der Waals surface area contributed by atoms with E-state index >= 15 is 0 Å². The van der Waals surface area contributed by atoms with E-state index in [0.29, 0.717) is 24.1 Å². The minimum absolute atomic E-state index is 0.100. The molecule has 1 fully saturated rings. The molecule has 0 aliphatic heterocycles. The van der Waals surface area contributed by atoms with E-state index in [9.17, 15) is 4.79 Å². The van der Waals surface area contributed by atoms with E-state index < -0.39 is 0 Å². The normalized spacial score (nSPS) is 20.1. The molecule has 19 heavy (non-hydrogen) atoms. The summed E-state index contributed by atoms with van der Waals surface area (Å²) >= 11 is 0. The SMILES string of the molecule is CN/C(=C1\C(=N)CCCC1=O)C(C)c1ccccc1. The van der Waals surface area contributed by atoms with Crippen LogP contribution in [0, 0.1) is 5.41 Å². The van der Waals surface area contributed by atoms with Crippen LogP contribution >= 0.6 is 0 Å². The minimum atomic E-state index is 0.100. The first-order valence-corrected chi connectivity index (χ1v) is 6.73. The highest BCUT2D eigenvalue weighted by Crippen LogP contribution is 2.28. The van der Waals surface area contributed by atoms with Crippen LogP contribution in [0.2, 0.25) is 0 Å². The lowest BCUT2D eigenvalue weighted by Crippen LogP contribution is -2.26. The van der Waals surface area contributed by atoms with E-state index in [0.717, 1.165) is 17.7 Å². The Bertz CT molecular complexity index is 499. The second kappa shape index (κ2) is 5.83. The molecule has 100 valence electrons. The molecule has 1 atom stereocenters. The molecule has 0 bridgehead atoms. The topological polar surface area (TPSA) is 53.0 Å². The Morgan fingerprint density at radius 1 is 1.26 bits per heavy atom. The fourth-order valence-electron chi connectivity index (χ4n) is 2.62. The van der Waals surface area contributed by atoms with Crippen molar-refractivity contribution in [3.63, 3.8) is 0 Å². The van der Waals surface area contributed by atoms with Crippen LogP contribution in [0.15, 0.2) is 41.6 Å². The molecule has 0 spiro atoms. The van der Waals surface area contributed by atoms with Crippen molar-refractivity contribution in [3.05, 3.63) is 47.2 Å². The molecule has 0 aromatic heterocycles. The smallest absolute Gasteiger partial charge is 0.166 e. The maximum Gasteiger partial charge on any atom is 0.166 e. The zero-order chi connectivity index (χ0) is 13.8. The molecule has 1 unspecified atom stereocenters. The predicted molar refractivity (Wildman–Crippen MR) is 77.5 cm³/mol. The number of carbonyl (C=O) groups is 1. The molecular weight excluding hydrogens is 236 g/mol. The van der Waals surface area contributed by atoms with Gasteiger partial charge in [-0.2, -0.15) is 0 Å². The van der Waals surface area contributed by atoms with Crippen molar-refractivity contribution in [3.8, 4) is 0 Å². The van der Waals surface area contributed by atoms with Gasteiger partial charge in [-0.25, -0.2) is 0 Å². The van der Waals surface area contributed by atoms with E-state index in [2.05, 4.69) is 24.4 Å². The number of carbonyl (C=O) groups excluding carboxylic acids is 1. The first-order chi connectivity index (χ1) is 9.15. The van der Waals surface area contributed by atoms with Gasteiger partial charge in [-0.15, -0.1) is 0 Å². The lowest BCUT2D eigenvalue weighted by atomic mass is 9.85. The van der Waals surface area contributed by atoms with Crippen molar-refractivity contribution >= 4 is 11.5 Å². The summed E-state index contributed by atoms with van der Waals surface area (Å²) in [7, 11) is 1.83. The number of allylic oxidation sites excluding steroid dienone is 2. The monoisotopic (exact) mass is 256 g/mol. The van der Waals surface area contributed by atoms with Crippen molar-refractivity contribution in [2.24, 2.45) is 0 Å². The number of hydrogen-bond donors (Lipinski definition) is 2. The van der Waals surface area contributed by atoms with Crippen LogP contribution in [0.25, 0.3) is 0 Å². The van der Waals surface area contributed by atoms with E-state index in [1.165, 1.54) is 0 Å². The first kappa shape index (κ1) is 13.5. The van der Waals surface area contributed by atoms with E-state index in [1.54, 1.807) is 0 Å². The molecule has 0 heterocycles.